The van der Waals surface area contributed by atoms with E-state index in [0.29, 0.717) is 0 Å². The van der Waals surface area contributed by atoms with E-state index in [1.165, 1.54) is 0 Å². The molecule has 33 heavy (non-hydrogen) atoms. The fourth-order valence-corrected chi connectivity index (χ4v) is 4.56. The fraction of sp³-hybridized carbons (Fsp3) is 0.250. The van der Waals surface area contributed by atoms with E-state index in [-0.39, 0.29) is 24.0 Å². The molecule has 14 nitrogen and oxygen atoms in total. The third-order valence-electron chi connectivity index (χ3n) is 4.38. The maximum absolute atomic E-state index is 12.4. The molecule has 0 spiro atoms. The standard InChI is InChI=1S/C16H12Cl2N4O10S/c17-15-11(19(23)24)5-9(6-12(15)20(25)26)1-3-33(31,32)4-2-10-7-13(21(27)28)16(18)14(8-10)22(29)30/h5-8H,1-4H2. The van der Waals surface area contributed by atoms with Gasteiger partial charge in [-0.05, 0) is 24.0 Å². The number of aryl methyl sites for hydroxylation is 2. The van der Waals surface area contributed by atoms with E-state index < -0.39 is 73.8 Å². The van der Waals surface area contributed by atoms with Crippen LogP contribution in [0.15, 0.2) is 24.3 Å². The van der Waals surface area contributed by atoms with Gasteiger partial charge in [-0.15, -0.1) is 0 Å². The van der Waals surface area contributed by atoms with Crippen molar-refractivity contribution < 1.29 is 28.1 Å². The van der Waals surface area contributed by atoms with Gasteiger partial charge in [0.15, 0.2) is 19.9 Å². The molecule has 2 rings (SSSR count). The lowest BCUT2D eigenvalue weighted by atomic mass is 10.1. The van der Waals surface area contributed by atoms with Crippen LogP contribution in [-0.2, 0) is 22.7 Å². The fourth-order valence-electron chi connectivity index (χ4n) is 2.77. The van der Waals surface area contributed by atoms with Crippen LogP contribution in [0.25, 0.3) is 0 Å². The minimum atomic E-state index is -3.88. The van der Waals surface area contributed by atoms with Gasteiger partial charge in [-0.25, -0.2) is 8.42 Å². The molecule has 0 saturated heterocycles. The molecule has 0 aromatic heterocycles. The van der Waals surface area contributed by atoms with Crippen molar-refractivity contribution in [1.82, 2.24) is 0 Å². The summed E-state index contributed by atoms with van der Waals surface area (Å²) in [5, 5.41) is 42.9. The van der Waals surface area contributed by atoms with Crippen molar-refractivity contribution >= 4 is 55.8 Å². The lowest BCUT2D eigenvalue weighted by Crippen LogP contribution is -2.15. The van der Waals surface area contributed by atoms with E-state index in [0.717, 1.165) is 24.3 Å². The topological polar surface area (TPSA) is 207 Å². The molecule has 2 aromatic rings. The van der Waals surface area contributed by atoms with Gasteiger partial charge in [0.2, 0.25) is 0 Å². The van der Waals surface area contributed by atoms with Crippen molar-refractivity contribution in [3.05, 3.63) is 85.9 Å². The monoisotopic (exact) mass is 522 g/mol. The summed E-state index contributed by atoms with van der Waals surface area (Å²) in [6, 6.07) is 3.71. The molecule has 0 aliphatic rings. The van der Waals surface area contributed by atoms with Gasteiger partial charge in [-0.1, -0.05) is 23.2 Å². The number of nitro groups is 4. The molecule has 176 valence electrons. The van der Waals surface area contributed by atoms with Crippen LogP contribution in [0, 0.1) is 40.5 Å². The average Bonchev–Trinajstić information content (AvgIpc) is 2.71. The number of nitrogens with zero attached hydrogens (tertiary/aromatic N) is 4. The zero-order valence-electron chi connectivity index (χ0n) is 16.2. The number of hydrogen-bond acceptors (Lipinski definition) is 10. The van der Waals surface area contributed by atoms with Crippen molar-refractivity contribution in [3.8, 4) is 0 Å². The van der Waals surface area contributed by atoms with E-state index in [4.69, 9.17) is 23.2 Å². The Morgan fingerprint density at radius 1 is 0.606 bits per heavy atom. The summed E-state index contributed by atoms with van der Waals surface area (Å²) in [6.45, 7) is 0. The predicted molar refractivity (Wildman–Crippen MR) is 116 cm³/mol. The normalized spacial score (nSPS) is 11.2. The number of hydrogen-bond donors (Lipinski definition) is 0. The van der Waals surface area contributed by atoms with Crippen LogP contribution in [0.4, 0.5) is 22.7 Å². The molecule has 0 radical (unpaired) electrons. The van der Waals surface area contributed by atoms with Crippen molar-refractivity contribution in [3.63, 3.8) is 0 Å². The first-order chi connectivity index (χ1) is 15.2. The minimum absolute atomic E-state index is 0.0147. The van der Waals surface area contributed by atoms with Gasteiger partial charge in [0.05, 0.1) is 31.2 Å². The molecule has 0 bridgehead atoms. The van der Waals surface area contributed by atoms with Crippen LogP contribution >= 0.6 is 23.2 Å². The number of halogens is 2. The first-order valence-corrected chi connectivity index (χ1v) is 11.2. The van der Waals surface area contributed by atoms with Gasteiger partial charge in [0.25, 0.3) is 22.7 Å². The lowest BCUT2D eigenvalue weighted by molar-refractivity contribution is -0.394. The highest BCUT2D eigenvalue weighted by molar-refractivity contribution is 7.91. The summed E-state index contributed by atoms with van der Waals surface area (Å²) >= 11 is 11.3. The second-order valence-electron chi connectivity index (χ2n) is 6.58. The van der Waals surface area contributed by atoms with E-state index in [1.54, 1.807) is 0 Å². The van der Waals surface area contributed by atoms with E-state index in [2.05, 4.69) is 0 Å². The Morgan fingerprint density at radius 2 is 0.848 bits per heavy atom. The number of nitro benzene ring substituents is 4. The van der Waals surface area contributed by atoms with Gasteiger partial charge >= 0.3 is 0 Å². The molecule has 0 aliphatic carbocycles. The second kappa shape index (κ2) is 10.0. The van der Waals surface area contributed by atoms with Gasteiger partial charge in [0, 0.05) is 24.3 Å². The number of sulfone groups is 1. The maximum Gasteiger partial charge on any atom is 0.295 e. The molecule has 0 atom stereocenters. The molecule has 0 saturated carbocycles. The molecule has 0 unspecified atom stereocenters. The molecule has 0 aliphatic heterocycles. The summed E-state index contributed by atoms with van der Waals surface area (Å²) in [5.41, 5.74) is -3.03. The zero-order valence-corrected chi connectivity index (χ0v) is 18.5. The molecule has 0 heterocycles. The van der Waals surface area contributed by atoms with Gasteiger partial charge in [-0.3, -0.25) is 40.5 Å². The van der Waals surface area contributed by atoms with Crippen molar-refractivity contribution in [1.29, 1.82) is 0 Å². The van der Waals surface area contributed by atoms with Crippen LogP contribution in [0.3, 0.4) is 0 Å². The molecule has 0 N–H and O–H groups in total. The van der Waals surface area contributed by atoms with Crippen LogP contribution in [0.1, 0.15) is 11.1 Å². The molecule has 2 aromatic carbocycles. The smallest absolute Gasteiger partial charge is 0.258 e. The summed E-state index contributed by atoms with van der Waals surface area (Å²) in [4.78, 5) is 40.5. The Hall–Kier alpha value is -3.43. The Morgan fingerprint density at radius 3 is 1.06 bits per heavy atom. The Kier molecular flexibility index (Phi) is 7.84. The summed E-state index contributed by atoms with van der Waals surface area (Å²) in [5.74, 6) is -1.14. The highest BCUT2D eigenvalue weighted by Crippen LogP contribution is 2.36. The lowest BCUT2D eigenvalue weighted by Gasteiger charge is -2.07. The highest BCUT2D eigenvalue weighted by Gasteiger charge is 2.27. The number of benzene rings is 2. The summed E-state index contributed by atoms with van der Waals surface area (Å²) in [7, 11) is -3.88. The molecular weight excluding hydrogens is 511 g/mol. The van der Waals surface area contributed by atoms with Crippen LogP contribution in [-0.4, -0.2) is 39.6 Å². The van der Waals surface area contributed by atoms with Gasteiger partial charge in [0.1, 0.15) is 0 Å². The number of rotatable bonds is 10. The third-order valence-corrected chi connectivity index (χ3v) is 6.81. The first kappa shape index (κ1) is 25.8. The summed E-state index contributed by atoms with van der Waals surface area (Å²) < 4.78 is 24.8. The zero-order chi connectivity index (χ0) is 25.1. The van der Waals surface area contributed by atoms with Crippen molar-refractivity contribution in [2.45, 2.75) is 12.8 Å². The predicted octanol–water partition coefficient (Wildman–Crippen LogP) is 3.83. The summed E-state index contributed by atoms with van der Waals surface area (Å²) in [6.07, 6.45) is -0.635. The largest absolute Gasteiger partial charge is 0.295 e. The quantitative estimate of drug-likeness (QED) is 0.325. The molecule has 0 fully saturated rings. The van der Waals surface area contributed by atoms with Gasteiger partial charge < -0.3 is 0 Å². The highest BCUT2D eigenvalue weighted by atomic mass is 35.5. The van der Waals surface area contributed by atoms with Gasteiger partial charge in [-0.2, -0.15) is 0 Å². The van der Waals surface area contributed by atoms with Crippen LogP contribution in [0.5, 0.6) is 0 Å². The van der Waals surface area contributed by atoms with E-state index in [9.17, 15) is 48.9 Å². The first-order valence-electron chi connectivity index (χ1n) is 8.66. The molecular formula is C16H12Cl2N4O10S. The van der Waals surface area contributed by atoms with Crippen LogP contribution in [0.2, 0.25) is 10.0 Å². The van der Waals surface area contributed by atoms with Crippen molar-refractivity contribution in [2.24, 2.45) is 0 Å². The Bertz CT molecular complexity index is 1120. The second-order valence-corrected chi connectivity index (χ2v) is 9.64. The average molecular weight is 523 g/mol. The van der Waals surface area contributed by atoms with Crippen LogP contribution < -0.4 is 0 Å². The SMILES string of the molecule is O=[N+]([O-])c1cc(CCS(=O)(=O)CCc2cc([N+](=O)[O-])c(Cl)c([N+](=O)[O-])c2)cc([N+](=O)[O-])c1Cl. The molecule has 0 amide bonds. The molecule has 17 heteroatoms. The third kappa shape index (κ3) is 6.30. The maximum atomic E-state index is 12.4. The Balaban J connectivity index is 2.22. The van der Waals surface area contributed by atoms with E-state index in [1.807, 2.05) is 0 Å². The van der Waals surface area contributed by atoms with Crippen molar-refractivity contribution in [2.75, 3.05) is 11.5 Å². The Labute approximate surface area is 194 Å². The minimum Gasteiger partial charge on any atom is -0.258 e. The van der Waals surface area contributed by atoms with E-state index >= 15 is 0 Å².